The number of rotatable bonds is 5. The molecule has 0 saturated carbocycles. The molecule has 0 aliphatic carbocycles. The van der Waals surface area contributed by atoms with E-state index in [0.29, 0.717) is 12.2 Å². The highest BCUT2D eigenvalue weighted by Crippen LogP contribution is 2.17. The summed E-state index contributed by atoms with van der Waals surface area (Å²) in [6.45, 7) is 2.41. The zero-order valence-corrected chi connectivity index (χ0v) is 12.5. The van der Waals surface area contributed by atoms with E-state index in [4.69, 9.17) is 4.74 Å². The molecule has 0 aromatic heterocycles. The molecule has 0 aliphatic heterocycles. The number of carbonyl (C=O) groups is 1. The maximum atomic E-state index is 11.8. The van der Waals surface area contributed by atoms with Gasteiger partial charge in [-0.05, 0) is 42.4 Å². The van der Waals surface area contributed by atoms with Crippen molar-refractivity contribution in [2.75, 3.05) is 0 Å². The minimum Gasteiger partial charge on any atom is -0.489 e. The third kappa shape index (κ3) is 4.09. The van der Waals surface area contributed by atoms with Gasteiger partial charge in [-0.25, -0.2) is 0 Å². The van der Waals surface area contributed by atoms with Gasteiger partial charge in [0.25, 0.3) is 5.91 Å². The number of hydrogen-bond donors (Lipinski definition) is 0. The van der Waals surface area contributed by atoms with Gasteiger partial charge in [0.05, 0.1) is 5.16 Å². The molecule has 4 heteroatoms. The van der Waals surface area contributed by atoms with Crippen LogP contribution in [0.15, 0.2) is 53.5 Å². The molecule has 0 spiro atoms. The third-order valence-corrected chi connectivity index (χ3v) is 3.21. The molecule has 0 aliphatic rings. The quantitative estimate of drug-likeness (QED) is 0.617. The van der Waals surface area contributed by atoms with Crippen LogP contribution in [0.3, 0.4) is 0 Å². The minimum atomic E-state index is -0.398. The van der Waals surface area contributed by atoms with Crippen LogP contribution < -0.4 is 4.74 Å². The Morgan fingerprint density at radius 1 is 1.19 bits per heavy atom. The highest BCUT2D eigenvalue weighted by molar-refractivity contribution is 7.78. The average molecular weight is 297 g/mol. The van der Waals surface area contributed by atoms with Crippen LogP contribution in [0.4, 0.5) is 0 Å². The van der Waals surface area contributed by atoms with E-state index in [1.807, 2.05) is 36.4 Å². The van der Waals surface area contributed by atoms with Crippen LogP contribution in [0.1, 0.15) is 28.4 Å². The molecule has 0 bridgehead atoms. The summed E-state index contributed by atoms with van der Waals surface area (Å²) in [5.41, 5.74) is 2.52. The van der Waals surface area contributed by atoms with Crippen LogP contribution in [0.5, 0.6) is 5.75 Å². The van der Waals surface area contributed by atoms with Gasteiger partial charge in [-0.1, -0.05) is 37.3 Å². The van der Waals surface area contributed by atoms with E-state index in [1.165, 1.54) is 5.56 Å². The highest BCUT2D eigenvalue weighted by atomic mass is 32.1. The van der Waals surface area contributed by atoms with Gasteiger partial charge in [-0.3, -0.25) is 4.79 Å². The Bertz CT molecular complexity index is 673. The first-order valence-corrected chi connectivity index (χ1v) is 7.07. The molecule has 0 saturated heterocycles. The molecule has 0 radical (unpaired) electrons. The Hall–Kier alpha value is -2.29. The summed E-state index contributed by atoms with van der Waals surface area (Å²) >= 11 is 4.47. The van der Waals surface area contributed by atoms with Crippen LogP contribution in [-0.2, 0) is 13.0 Å². The Morgan fingerprint density at radius 2 is 1.90 bits per heavy atom. The molecule has 3 nitrogen and oxygen atoms in total. The number of carbonyl (C=O) groups excluding carboxylic acids is 1. The van der Waals surface area contributed by atoms with Gasteiger partial charge in [-0.2, -0.15) is 4.99 Å². The average Bonchev–Trinajstić information content (AvgIpc) is 2.54. The largest absolute Gasteiger partial charge is 0.489 e. The van der Waals surface area contributed by atoms with E-state index in [-0.39, 0.29) is 0 Å². The maximum absolute atomic E-state index is 11.8. The van der Waals surface area contributed by atoms with Gasteiger partial charge < -0.3 is 4.74 Å². The molecule has 0 atom stereocenters. The number of isothiocyanates is 1. The number of ether oxygens (including phenoxy) is 1. The second-order valence-corrected chi connectivity index (χ2v) is 4.63. The summed E-state index contributed by atoms with van der Waals surface area (Å²) in [5, 5.41) is 2.10. The summed E-state index contributed by atoms with van der Waals surface area (Å²) < 4.78 is 5.72. The molecule has 2 aromatic rings. The Balaban J connectivity index is 2.12. The summed E-state index contributed by atoms with van der Waals surface area (Å²) in [5.74, 6) is 0.373. The zero-order chi connectivity index (χ0) is 15.1. The molecule has 2 aromatic carbocycles. The van der Waals surface area contributed by atoms with Crippen molar-refractivity contribution < 1.29 is 9.53 Å². The molecular formula is C17H15NO2S. The SMILES string of the molecule is CCc1ccc(OCc2ccccc2C(=O)N=C=S)cc1. The summed E-state index contributed by atoms with van der Waals surface area (Å²) in [6, 6.07) is 15.1. The van der Waals surface area contributed by atoms with Gasteiger partial charge in [0.1, 0.15) is 12.4 Å². The Kier molecular flexibility index (Phi) is 5.38. The second-order valence-electron chi connectivity index (χ2n) is 4.45. The van der Waals surface area contributed by atoms with Crippen LogP contribution in [0.25, 0.3) is 0 Å². The van der Waals surface area contributed by atoms with Crippen molar-refractivity contribution >= 4 is 23.3 Å². The lowest BCUT2D eigenvalue weighted by molar-refractivity contribution is 0.100. The fourth-order valence-electron chi connectivity index (χ4n) is 1.94. The molecule has 2 rings (SSSR count). The first kappa shape index (κ1) is 15.1. The standard InChI is InChI=1S/C17H15NO2S/c1-2-13-7-9-15(10-8-13)20-11-14-5-3-4-6-16(14)17(19)18-12-21/h3-10H,2,11H2,1H3. The molecule has 0 heterocycles. The second kappa shape index (κ2) is 7.48. The molecule has 1 amide bonds. The van der Waals surface area contributed by atoms with Crippen LogP contribution in [0.2, 0.25) is 0 Å². The fourth-order valence-corrected chi connectivity index (χ4v) is 2.02. The first-order chi connectivity index (χ1) is 10.2. The molecular weight excluding hydrogens is 282 g/mol. The lowest BCUT2D eigenvalue weighted by Gasteiger charge is -2.09. The Morgan fingerprint density at radius 3 is 2.57 bits per heavy atom. The summed E-state index contributed by atoms with van der Waals surface area (Å²) in [6.07, 6.45) is 0.993. The van der Waals surface area contributed by atoms with E-state index < -0.39 is 5.91 Å². The lowest BCUT2D eigenvalue weighted by atomic mass is 10.1. The van der Waals surface area contributed by atoms with Gasteiger partial charge in [0, 0.05) is 11.1 Å². The van der Waals surface area contributed by atoms with Crippen molar-refractivity contribution in [3.63, 3.8) is 0 Å². The third-order valence-electron chi connectivity index (χ3n) is 3.12. The van der Waals surface area contributed by atoms with Crippen molar-refractivity contribution in [1.82, 2.24) is 0 Å². The van der Waals surface area contributed by atoms with Gasteiger partial charge in [0.2, 0.25) is 0 Å². The van der Waals surface area contributed by atoms with E-state index in [1.54, 1.807) is 12.1 Å². The number of amides is 1. The van der Waals surface area contributed by atoms with Gasteiger partial charge >= 0.3 is 0 Å². The van der Waals surface area contributed by atoms with E-state index >= 15 is 0 Å². The fraction of sp³-hybridized carbons (Fsp3) is 0.176. The maximum Gasteiger partial charge on any atom is 0.286 e. The van der Waals surface area contributed by atoms with Crippen LogP contribution in [-0.4, -0.2) is 11.1 Å². The molecule has 0 fully saturated rings. The minimum absolute atomic E-state index is 0.306. The van der Waals surface area contributed by atoms with Crippen molar-refractivity contribution in [1.29, 1.82) is 0 Å². The van der Waals surface area contributed by atoms with Crippen LogP contribution >= 0.6 is 12.2 Å². The van der Waals surface area contributed by atoms with Gasteiger partial charge in [-0.15, -0.1) is 0 Å². The summed E-state index contributed by atoms with van der Waals surface area (Å²) in [4.78, 5) is 15.3. The van der Waals surface area contributed by atoms with E-state index in [9.17, 15) is 4.79 Å². The van der Waals surface area contributed by atoms with Crippen LogP contribution in [0, 0.1) is 0 Å². The molecule has 21 heavy (non-hydrogen) atoms. The van der Waals surface area contributed by atoms with Crippen molar-refractivity contribution in [3.8, 4) is 5.75 Å². The van der Waals surface area contributed by atoms with Crippen molar-refractivity contribution in [3.05, 3.63) is 65.2 Å². The number of aryl methyl sites for hydroxylation is 1. The van der Waals surface area contributed by atoms with Gasteiger partial charge in [0.15, 0.2) is 0 Å². The highest BCUT2D eigenvalue weighted by Gasteiger charge is 2.10. The van der Waals surface area contributed by atoms with Crippen molar-refractivity contribution in [2.24, 2.45) is 4.99 Å². The monoisotopic (exact) mass is 297 g/mol. The summed E-state index contributed by atoms with van der Waals surface area (Å²) in [7, 11) is 0. The molecule has 106 valence electrons. The van der Waals surface area contributed by atoms with E-state index in [2.05, 4.69) is 29.3 Å². The first-order valence-electron chi connectivity index (χ1n) is 6.66. The number of benzene rings is 2. The van der Waals surface area contributed by atoms with Crippen molar-refractivity contribution in [2.45, 2.75) is 20.0 Å². The predicted octanol–water partition coefficient (Wildman–Crippen LogP) is 4.07. The number of aliphatic imine (C=N–C) groups is 1. The molecule has 0 N–H and O–H groups in total. The molecule has 0 unspecified atom stereocenters. The smallest absolute Gasteiger partial charge is 0.286 e. The number of hydrogen-bond acceptors (Lipinski definition) is 3. The van der Waals surface area contributed by atoms with E-state index in [0.717, 1.165) is 17.7 Å². The topological polar surface area (TPSA) is 38.7 Å². The predicted molar refractivity (Wildman–Crippen MR) is 86.0 cm³/mol. The number of nitrogens with zero attached hydrogens (tertiary/aromatic N) is 1. The zero-order valence-electron chi connectivity index (χ0n) is 11.7. The lowest BCUT2D eigenvalue weighted by Crippen LogP contribution is -2.04. The Labute approximate surface area is 129 Å². The normalized spacial score (nSPS) is 9.76. The number of thiocarbonyl (C=S) groups is 1.